The lowest BCUT2D eigenvalue weighted by atomic mass is 9.75. The molecular formula is C22H28N2O5. The number of rotatable bonds is 6. The van der Waals surface area contributed by atoms with Crippen LogP contribution in [0.1, 0.15) is 44.6 Å². The zero-order valence-electron chi connectivity index (χ0n) is 17.3. The van der Waals surface area contributed by atoms with Crippen molar-refractivity contribution in [3.05, 3.63) is 29.8 Å². The summed E-state index contributed by atoms with van der Waals surface area (Å²) in [6.07, 6.45) is 1.90. The summed E-state index contributed by atoms with van der Waals surface area (Å²) in [6, 6.07) is 6.95. The van der Waals surface area contributed by atoms with E-state index in [-0.39, 0.29) is 42.3 Å². The highest BCUT2D eigenvalue weighted by molar-refractivity contribution is 6.10. The maximum absolute atomic E-state index is 13.2. The van der Waals surface area contributed by atoms with E-state index in [4.69, 9.17) is 4.74 Å². The Hall–Kier alpha value is -2.70. The minimum atomic E-state index is -1.21. The summed E-state index contributed by atoms with van der Waals surface area (Å²) in [6.45, 7) is 2.80. The topological polar surface area (TPSA) is 84.0 Å². The molecule has 1 aromatic carbocycles. The molecule has 2 heterocycles. The lowest BCUT2D eigenvalue weighted by Gasteiger charge is -2.35. The van der Waals surface area contributed by atoms with Gasteiger partial charge in [-0.05, 0) is 30.5 Å². The van der Waals surface area contributed by atoms with E-state index in [1.807, 2.05) is 6.92 Å². The summed E-state index contributed by atoms with van der Waals surface area (Å²) in [4.78, 5) is 53.5. The number of hydrogen-bond donors (Lipinski definition) is 0. The highest BCUT2D eigenvalue weighted by Crippen LogP contribution is 2.40. The molecule has 2 aliphatic rings. The smallest absolute Gasteiger partial charge is 0.240 e. The zero-order valence-corrected chi connectivity index (χ0v) is 17.3. The Kier molecular flexibility index (Phi) is 6.05. The van der Waals surface area contributed by atoms with Gasteiger partial charge in [-0.15, -0.1) is 0 Å². The first-order chi connectivity index (χ1) is 13.8. The van der Waals surface area contributed by atoms with Gasteiger partial charge in [0.25, 0.3) is 0 Å². The van der Waals surface area contributed by atoms with E-state index in [1.54, 1.807) is 36.3 Å². The number of carbonyl (C=O) groups is 4. The van der Waals surface area contributed by atoms with Gasteiger partial charge in [-0.2, -0.15) is 0 Å². The number of imide groups is 1. The average molecular weight is 400 g/mol. The molecule has 0 aromatic heterocycles. The standard InChI is InChI=1S/C22H28N2O5/c1-4-18(25)15-6-5-11-24(14-15)20(27)13-22(12-19(26)23(2)21(22)28)16-7-9-17(29-3)10-8-16/h7-10,15H,4-6,11-14H2,1-3H3/t15-,22-/m1/s1. The van der Waals surface area contributed by atoms with Gasteiger partial charge in [-0.25, -0.2) is 0 Å². The van der Waals surface area contributed by atoms with Crippen molar-refractivity contribution in [2.24, 2.45) is 5.92 Å². The number of hydrogen-bond acceptors (Lipinski definition) is 5. The summed E-state index contributed by atoms with van der Waals surface area (Å²) < 4.78 is 5.19. The third-order valence-corrected chi connectivity index (χ3v) is 6.21. The van der Waals surface area contributed by atoms with E-state index in [2.05, 4.69) is 0 Å². The van der Waals surface area contributed by atoms with Gasteiger partial charge in [-0.3, -0.25) is 24.1 Å². The average Bonchev–Trinajstić information content (AvgIpc) is 2.97. The van der Waals surface area contributed by atoms with E-state index < -0.39 is 5.41 Å². The molecule has 0 N–H and O–H groups in total. The van der Waals surface area contributed by atoms with Gasteiger partial charge in [0.05, 0.1) is 12.5 Å². The van der Waals surface area contributed by atoms with Gasteiger partial charge in [-0.1, -0.05) is 19.1 Å². The number of piperidine rings is 1. The molecule has 2 fully saturated rings. The number of amides is 3. The molecular weight excluding hydrogens is 372 g/mol. The largest absolute Gasteiger partial charge is 0.497 e. The number of Topliss-reactive ketones (excluding diaryl/α,β-unsaturated/α-hetero) is 1. The summed E-state index contributed by atoms with van der Waals surface area (Å²) in [7, 11) is 3.01. The molecule has 0 unspecified atom stereocenters. The lowest BCUT2D eigenvalue weighted by Crippen LogP contribution is -2.46. The number of carbonyl (C=O) groups excluding carboxylic acids is 4. The number of likely N-dealkylation sites (N-methyl/N-ethyl adjacent to an activating group) is 1. The van der Waals surface area contributed by atoms with Gasteiger partial charge in [0.15, 0.2) is 0 Å². The highest BCUT2D eigenvalue weighted by Gasteiger charge is 2.53. The van der Waals surface area contributed by atoms with E-state index in [0.29, 0.717) is 30.8 Å². The third-order valence-electron chi connectivity index (χ3n) is 6.21. The maximum Gasteiger partial charge on any atom is 0.240 e. The first-order valence-electron chi connectivity index (χ1n) is 10.1. The summed E-state index contributed by atoms with van der Waals surface area (Å²) in [5.41, 5.74) is -0.579. The number of likely N-dealkylation sites (tertiary alicyclic amines) is 2. The van der Waals surface area contributed by atoms with Crippen LogP contribution in [0.5, 0.6) is 5.75 Å². The van der Waals surface area contributed by atoms with E-state index in [0.717, 1.165) is 17.7 Å². The molecule has 0 bridgehead atoms. The van der Waals surface area contributed by atoms with Gasteiger partial charge in [0, 0.05) is 45.3 Å². The van der Waals surface area contributed by atoms with Crippen molar-refractivity contribution < 1.29 is 23.9 Å². The van der Waals surface area contributed by atoms with Crippen LogP contribution in [-0.2, 0) is 24.6 Å². The SMILES string of the molecule is CCC(=O)[C@@H]1CCCN(C(=O)C[C@@]2(c3ccc(OC)cc3)CC(=O)N(C)C2=O)C1. The second kappa shape index (κ2) is 8.35. The van der Waals surface area contributed by atoms with E-state index in [1.165, 1.54) is 7.05 Å². The van der Waals surface area contributed by atoms with Crippen molar-refractivity contribution in [2.75, 3.05) is 27.2 Å². The molecule has 7 nitrogen and oxygen atoms in total. The van der Waals surface area contributed by atoms with Crippen LogP contribution in [0.2, 0.25) is 0 Å². The first-order valence-corrected chi connectivity index (χ1v) is 10.1. The Labute approximate surface area is 171 Å². The maximum atomic E-state index is 13.2. The van der Waals surface area contributed by atoms with Crippen LogP contribution in [0.25, 0.3) is 0 Å². The molecule has 0 spiro atoms. The van der Waals surface area contributed by atoms with Crippen LogP contribution >= 0.6 is 0 Å². The molecule has 1 aromatic rings. The van der Waals surface area contributed by atoms with Gasteiger partial charge in [0.2, 0.25) is 17.7 Å². The predicted octanol–water partition coefficient (Wildman–Crippen LogP) is 1.93. The van der Waals surface area contributed by atoms with Crippen molar-refractivity contribution in [1.29, 1.82) is 0 Å². The van der Waals surface area contributed by atoms with Crippen molar-refractivity contribution in [3.63, 3.8) is 0 Å². The van der Waals surface area contributed by atoms with E-state index >= 15 is 0 Å². The monoisotopic (exact) mass is 400 g/mol. The summed E-state index contributed by atoms with van der Waals surface area (Å²) in [5, 5.41) is 0. The Bertz CT molecular complexity index is 819. The summed E-state index contributed by atoms with van der Waals surface area (Å²) >= 11 is 0. The predicted molar refractivity (Wildman–Crippen MR) is 106 cm³/mol. The van der Waals surface area contributed by atoms with Crippen molar-refractivity contribution in [2.45, 2.75) is 44.4 Å². The van der Waals surface area contributed by atoms with Crippen LogP contribution in [0.15, 0.2) is 24.3 Å². The van der Waals surface area contributed by atoms with Gasteiger partial charge in [0.1, 0.15) is 11.5 Å². The minimum absolute atomic E-state index is 0.0361. The second-order valence-corrected chi connectivity index (χ2v) is 7.92. The second-order valence-electron chi connectivity index (χ2n) is 7.92. The number of ketones is 1. The van der Waals surface area contributed by atoms with Crippen molar-refractivity contribution in [1.82, 2.24) is 9.80 Å². The quantitative estimate of drug-likeness (QED) is 0.682. The van der Waals surface area contributed by atoms with Gasteiger partial charge < -0.3 is 9.64 Å². The van der Waals surface area contributed by atoms with Gasteiger partial charge >= 0.3 is 0 Å². The molecule has 2 aliphatic heterocycles. The molecule has 3 amide bonds. The lowest BCUT2D eigenvalue weighted by molar-refractivity contribution is -0.142. The molecule has 0 radical (unpaired) electrons. The molecule has 2 atom stereocenters. The Morgan fingerprint density at radius 2 is 1.90 bits per heavy atom. The molecule has 0 saturated carbocycles. The zero-order chi connectivity index (χ0) is 21.2. The molecule has 0 aliphatic carbocycles. The number of benzene rings is 1. The van der Waals surface area contributed by atoms with Crippen LogP contribution in [0.3, 0.4) is 0 Å². The van der Waals surface area contributed by atoms with Crippen LogP contribution in [0.4, 0.5) is 0 Å². The van der Waals surface area contributed by atoms with Crippen molar-refractivity contribution in [3.8, 4) is 5.75 Å². The Balaban J connectivity index is 1.87. The van der Waals surface area contributed by atoms with E-state index in [9.17, 15) is 19.2 Å². The highest BCUT2D eigenvalue weighted by atomic mass is 16.5. The number of methoxy groups -OCH3 is 1. The van der Waals surface area contributed by atoms with Crippen LogP contribution < -0.4 is 4.74 Å². The normalized spacial score (nSPS) is 24.7. The number of ether oxygens (including phenoxy) is 1. The fourth-order valence-corrected chi connectivity index (χ4v) is 4.39. The molecule has 29 heavy (non-hydrogen) atoms. The Morgan fingerprint density at radius 1 is 1.21 bits per heavy atom. The van der Waals surface area contributed by atoms with Crippen molar-refractivity contribution >= 4 is 23.5 Å². The van der Waals surface area contributed by atoms with Crippen LogP contribution in [0, 0.1) is 5.92 Å². The molecule has 3 rings (SSSR count). The molecule has 2 saturated heterocycles. The fourth-order valence-electron chi connectivity index (χ4n) is 4.39. The molecule has 156 valence electrons. The first kappa shape index (κ1) is 21.0. The molecule has 7 heteroatoms. The summed E-state index contributed by atoms with van der Waals surface area (Å²) in [5.74, 6) is -0.184. The number of nitrogens with zero attached hydrogens (tertiary/aromatic N) is 2. The third kappa shape index (κ3) is 3.91. The fraction of sp³-hybridized carbons (Fsp3) is 0.545. The Morgan fingerprint density at radius 3 is 2.45 bits per heavy atom. The minimum Gasteiger partial charge on any atom is -0.497 e. The van der Waals surface area contributed by atoms with Crippen LogP contribution in [-0.4, -0.2) is 60.6 Å².